The Kier molecular flexibility index (Phi) is 5.33. The first-order valence-corrected chi connectivity index (χ1v) is 8.34. The third-order valence-electron chi connectivity index (χ3n) is 4.08. The average molecular weight is 347 g/mol. The van der Waals surface area contributed by atoms with Gasteiger partial charge in [0.1, 0.15) is 0 Å². The number of carbonyl (C=O) groups excluding carboxylic acids is 1. The van der Waals surface area contributed by atoms with Crippen LogP contribution in [0.1, 0.15) is 18.4 Å². The number of pyridine rings is 1. The Bertz CT molecular complexity index is 782. The summed E-state index contributed by atoms with van der Waals surface area (Å²) in [5.41, 5.74) is 1.30. The van der Waals surface area contributed by atoms with Gasteiger partial charge in [0, 0.05) is 23.9 Å². The number of carbonyl (C=O) groups is 1. The van der Waals surface area contributed by atoms with E-state index in [0.29, 0.717) is 30.5 Å². The summed E-state index contributed by atoms with van der Waals surface area (Å²) in [5.74, 6) is -0.208. The maximum atomic E-state index is 12.3. The number of aromatic nitrogens is 1. The van der Waals surface area contributed by atoms with Crippen molar-refractivity contribution in [3.63, 3.8) is 0 Å². The molecule has 1 unspecified atom stereocenters. The van der Waals surface area contributed by atoms with Crippen LogP contribution in [0.5, 0.6) is 0 Å². The summed E-state index contributed by atoms with van der Waals surface area (Å²) >= 11 is 6.15. The lowest BCUT2D eigenvalue weighted by Gasteiger charge is -2.21. The molecule has 2 aromatic rings. The monoisotopic (exact) mass is 346 g/mol. The van der Waals surface area contributed by atoms with Crippen molar-refractivity contribution < 1.29 is 9.53 Å². The van der Waals surface area contributed by atoms with E-state index in [1.807, 2.05) is 18.2 Å². The van der Waals surface area contributed by atoms with Crippen LogP contribution in [0.15, 0.2) is 47.4 Å². The molecule has 0 spiro atoms. The van der Waals surface area contributed by atoms with Crippen LogP contribution in [-0.2, 0) is 16.1 Å². The van der Waals surface area contributed by atoms with Crippen LogP contribution in [0.3, 0.4) is 0 Å². The van der Waals surface area contributed by atoms with Crippen molar-refractivity contribution in [3.05, 3.63) is 63.5 Å². The number of anilines is 1. The SMILES string of the molecule is O=C(Nc1ccc(=O)n(Cc2ccccc2Cl)c1)C1CCCOC1. The van der Waals surface area contributed by atoms with E-state index < -0.39 is 0 Å². The highest BCUT2D eigenvalue weighted by Gasteiger charge is 2.21. The minimum absolute atomic E-state index is 0.0716. The number of nitrogens with one attached hydrogen (secondary N) is 1. The van der Waals surface area contributed by atoms with Gasteiger partial charge in [-0.15, -0.1) is 0 Å². The first kappa shape index (κ1) is 16.7. The molecule has 1 aliphatic heterocycles. The fourth-order valence-corrected chi connectivity index (χ4v) is 2.93. The molecule has 1 saturated heterocycles. The highest BCUT2D eigenvalue weighted by molar-refractivity contribution is 6.31. The summed E-state index contributed by atoms with van der Waals surface area (Å²) in [6.07, 6.45) is 3.36. The maximum absolute atomic E-state index is 12.3. The van der Waals surface area contributed by atoms with Gasteiger partial charge in [-0.05, 0) is 30.5 Å². The highest BCUT2D eigenvalue weighted by Crippen LogP contribution is 2.18. The Morgan fingerprint density at radius 1 is 1.29 bits per heavy atom. The topological polar surface area (TPSA) is 60.3 Å². The first-order valence-electron chi connectivity index (χ1n) is 7.96. The molecule has 2 heterocycles. The molecule has 0 saturated carbocycles. The van der Waals surface area contributed by atoms with E-state index >= 15 is 0 Å². The zero-order chi connectivity index (χ0) is 16.9. The third kappa shape index (κ3) is 4.04. The summed E-state index contributed by atoms with van der Waals surface area (Å²) in [7, 11) is 0. The lowest BCUT2D eigenvalue weighted by molar-refractivity contribution is -0.123. The quantitative estimate of drug-likeness (QED) is 0.926. The molecule has 3 rings (SSSR count). The summed E-state index contributed by atoms with van der Waals surface area (Å²) < 4.78 is 6.88. The summed E-state index contributed by atoms with van der Waals surface area (Å²) in [4.78, 5) is 24.3. The van der Waals surface area contributed by atoms with Crippen molar-refractivity contribution in [2.45, 2.75) is 19.4 Å². The lowest BCUT2D eigenvalue weighted by atomic mass is 10.0. The molecule has 1 aromatic heterocycles. The Hall–Kier alpha value is -2.11. The minimum Gasteiger partial charge on any atom is -0.381 e. The summed E-state index contributed by atoms with van der Waals surface area (Å²) in [6.45, 7) is 1.52. The summed E-state index contributed by atoms with van der Waals surface area (Å²) in [6, 6.07) is 10.4. The Balaban J connectivity index is 1.75. The number of benzene rings is 1. The minimum atomic E-state index is -0.145. The number of amides is 1. The molecular formula is C18H19ClN2O3. The van der Waals surface area contributed by atoms with Crippen LogP contribution in [0.2, 0.25) is 5.02 Å². The Morgan fingerprint density at radius 2 is 2.12 bits per heavy atom. The normalized spacial score (nSPS) is 17.5. The summed E-state index contributed by atoms with van der Waals surface area (Å²) in [5, 5.41) is 3.48. The second-order valence-electron chi connectivity index (χ2n) is 5.88. The largest absolute Gasteiger partial charge is 0.381 e. The molecule has 0 bridgehead atoms. The fraction of sp³-hybridized carbons (Fsp3) is 0.333. The second kappa shape index (κ2) is 7.64. The van der Waals surface area contributed by atoms with E-state index in [-0.39, 0.29) is 17.4 Å². The Morgan fingerprint density at radius 3 is 2.88 bits per heavy atom. The van der Waals surface area contributed by atoms with Gasteiger partial charge < -0.3 is 14.6 Å². The van der Waals surface area contributed by atoms with E-state index in [1.165, 1.54) is 10.6 Å². The number of nitrogens with zero attached hydrogens (tertiary/aromatic N) is 1. The van der Waals surface area contributed by atoms with Gasteiger partial charge in [0.15, 0.2) is 0 Å². The molecule has 1 aromatic carbocycles. The van der Waals surface area contributed by atoms with Crippen LogP contribution < -0.4 is 10.9 Å². The first-order chi connectivity index (χ1) is 11.6. The highest BCUT2D eigenvalue weighted by atomic mass is 35.5. The van der Waals surface area contributed by atoms with Gasteiger partial charge in [0.05, 0.1) is 24.8 Å². The molecule has 0 radical (unpaired) electrons. The van der Waals surface area contributed by atoms with E-state index in [4.69, 9.17) is 16.3 Å². The number of hydrogen-bond acceptors (Lipinski definition) is 3. The number of rotatable bonds is 4. The third-order valence-corrected chi connectivity index (χ3v) is 4.45. The van der Waals surface area contributed by atoms with Crippen molar-refractivity contribution in [2.24, 2.45) is 5.92 Å². The van der Waals surface area contributed by atoms with Crippen LogP contribution in [0, 0.1) is 5.92 Å². The van der Waals surface area contributed by atoms with Crippen LogP contribution >= 0.6 is 11.6 Å². The molecule has 5 nitrogen and oxygen atoms in total. The Labute approximate surface area is 145 Å². The van der Waals surface area contributed by atoms with Gasteiger partial charge in [-0.25, -0.2) is 0 Å². The van der Waals surface area contributed by atoms with Crippen molar-refractivity contribution in [2.75, 3.05) is 18.5 Å². The predicted molar refractivity (Wildman–Crippen MR) is 93.4 cm³/mol. The predicted octanol–water partition coefficient (Wildman–Crippen LogP) is 2.92. The average Bonchev–Trinajstić information content (AvgIpc) is 2.60. The van der Waals surface area contributed by atoms with E-state index in [9.17, 15) is 9.59 Å². The maximum Gasteiger partial charge on any atom is 0.250 e. The number of halogens is 1. The molecule has 24 heavy (non-hydrogen) atoms. The number of hydrogen-bond donors (Lipinski definition) is 1. The molecular weight excluding hydrogens is 328 g/mol. The van der Waals surface area contributed by atoms with E-state index in [0.717, 1.165) is 18.4 Å². The van der Waals surface area contributed by atoms with Crippen molar-refractivity contribution in [1.29, 1.82) is 0 Å². The lowest BCUT2D eigenvalue weighted by Crippen LogP contribution is -2.30. The second-order valence-corrected chi connectivity index (χ2v) is 6.29. The molecule has 1 atom stereocenters. The molecule has 1 amide bonds. The number of ether oxygens (including phenoxy) is 1. The van der Waals surface area contributed by atoms with Crippen molar-refractivity contribution in [3.8, 4) is 0 Å². The molecule has 0 aliphatic carbocycles. The fourth-order valence-electron chi connectivity index (χ4n) is 2.73. The standard InChI is InChI=1S/C18H19ClN2O3/c19-16-6-2-1-4-13(16)10-21-11-15(7-8-17(21)22)20-18(23)14-5-3-9-24-12-14/h1-2,4,6-8,11,14H,3,5,9-10,12H2,(H,20,23). The molecule has 6 heteroatoms. The van der Waals surface area contributed by atoms with Crippen LogP contribution in [0.4, 0.5) is 5.69 Å². The van der Waals surface area contributed by atoms with Gasteiger partial charge in [-0.3, -0.25) is 9.59 Å². The molecule has 1 fully saturated rings. The zero-order valence-electron chi connectivity index (χ0n) is 13.2. The van der Waals surface area contributed by atoms with Crippen LogP contribution in [0.25, 0.3) is 0 Å². The van der Waals surface area contributed by atoms with Crippen molar-refractivity contribution >= 4 is 23.2 Å². The van der Waals surface area contributed by atoms with E-state index in [2.05, 4.69) is 5.32 Å². The molecule has 1 N–H and O–H groups in total. The van der Waals surface area contributed by atoms with Gasteiger partial charge in [0.25, 0.3) is 5.56 Å². The molecule has 126 valence electrons. The van der Waals surface area contributed by atoms with Crippen LogP contribution in [-0.4, -0.2) is 23.7 Å². The van der Waals surface area contributed by atoms with Gasteiger partial charge in [0.2, 0.25) is 5.91 Å². The van der Waals surface area contributed by atoms with Gasteiger partial charge in [-0.2, -0.15) is 0 Å². The van der Waals surface area contributed by atoms with E-state index in [1.54, 1.807) is 18.3 Å². The van der Waals surface area contributed by atoms with Gasteiger partial charge in [-0.1, -0.05) is 29.8 Å². The van der Waals surface area contributed by atoms with Crippen molar-refractivity contribution in [1.82, 2.24) is 4.57 Å². The smallest absolute Gasteiger partial charge is 0.250 e. The van der Waals surface area contributed by atoms with Gasteiger partial charge >= 0.3 is 0 Å². The molecule has 1 aliphatic rings. The zero-order valence-corrected chi connectivity index (χ0v) is 14.0.